The molecule has 3 nitrogen and oxygen atoms in total. The van der Waals surface area contributed by atoms with E-state index in [4.69, 9.17) is 4.42 Å². The first-order valence-electron chi connectivity index (χ1n) is 17.0. The summed E-state index contributed by atoms with van der Waals surface area (Å²) in [4.78, 5) is 13.2. The molecule has 45 heavy (non-hydrogen) atoms. The highest BCUT2D eigenvalue weighted by atomic mass is 32.1. The minimum Gasteiger partial charge on any atom is -0.466 e. The predicted octanol–water partition coefficient (Wildman–Crippen LogP) is 14.2. The van der Waals surface area contributed by atoms with Crippen molar-refractivity contribution in [2.24, 2.45) is 0 Å². The first kappa shape index (κ1) is 40.8. The Balaban J connectivity index is 0.000000300. The van der Waals surface area contributed by atoms with Gasteiger partial charge < -0.3 is 4.42 Å². The lowest BCUT2D eigenvalue weighted by Crippen LogP contribution is -1.94. The second-order valence-corrected chi connectivity index (χ2v) is 16.6. The summed E-state index contributed by atoms with van der Waals surface area (Å²) >= 11 is 3.79. The van der Waals surface area contributed by atoms with E-state index in [0.29, 0.717) is 47.3 Å². The molecule has 0 aliphatic carbocycles. The van der Waals surface area contributed by atoms with Gasteiger partial charge in [-0.05, 0) is 65.5 Å². The number of rotatable bonds is 8. The van der Waals surface area contributed by atoms with Gasteiger partial charge in [0.25, 0.3) is 0 Å². The van der Waals surface area contributed by atoms with E-state index in [1.165, 1.54) is 30.9 Å². The molecule has 0 aliphatic rings. The Hall–Kier alpha value is -2.24. The molecule has 0 aliphatic heterocycles. The lowest BCUT2D eigenvalue weighted by atomic mass is 10.0. The van der Waals surface area contributed by atoms with Crippen LogP contribution in [0.4, 0.5) is 0 Å². The van der Waals surface area contributed by atoms with Crippen LogP contribution in [0, 0.1) is 0 Å². The molecule has 0 aromatic carbocycles. The second kappa shape index (κ2) is 20.1. The van der Waals surface area contributed by atoms with Crippen molar-refractivity contribution >= 4 is 22.7 Å². The van der Waals surface area contributed by atoms with Crippen molar-refractivity contribution in [2.45, 2.75) is 158 Å². The first-order chi connectivity index (χ1) is 20.9. The number of thiophene rings is 1. The van der Waals surface area contributed by atoms with Crippen molar-refractivity contribution in [3.05, 3.63) is 91.2 Å². The van der Waals surface area contributed by atoms with Gasteiger partial charge in [0.2, 0.25) is 0 Å². The van der Waals surface area contributed by atoms with Gasteiger partial charge in [0.15, 0.2) is 0 Å². The molecule has 0 saturated heterocycles. The number of thiazole rings is 1. The van der Waals surface area contributed by atoms with Crippen LogP contribution in [0.1, 0.15) is 201 Å². The molecule has 0 bridgehead atoms. The van der Waals surface area contributed by atoms with Gasteiger partial charge in [0, 0.05) is 50.5 Å². The Bertz CT molecular complexity index is 1100. The van der Waals surface area contributed by atoms with E-state index in [1.54, 1.807) is 0 Å². The molecule has 4 aromatic heterocycles. The minimum absolute atomic E-state index is 0.502. The summed E-state index contributed by atoms with van der Waals surface area (Å²) in [6.07, 6.45) is 3.99. The average molecular weight is 653 g/mol. The Labute approximate surface area is 285 Å². The molecule has 0 fully saturated rings. The van der Waals surface area contributed by atoms with E-state index < -0.39 is 0 Å². The molecule has 4 heterocycles. The molecule has 0 saturated carbocycles. The van der Waals surface area contributed by atoms with Gasteiger partial charge in [0.1, 0.15) is 11.5 Å². The van der Waals surface area contributed by atoms with Crippen LogP contribution in [0.25, 0.3) is 0 Å². The third-order valence-corrected chi connectivity index (χ3v) is 10.5. The predicted molar refractivity (Wildman–Crippen MR) is 202 cm³/mol. The van der Waals surface area contributed by atoms with E-state index in [-0.39, 0.29) is 0 Å². The largest absolute Gasteiger partial charge is 0.466 e. The molecule has 5 heteroatoms. The molecule has 4 rings (SSSR count). The maximum Gasteiger partial charge on any atom is 0.106 e. The smallest absolute Gasteiger partial charge is 0.106 e. The Morgan fingerprint density at radius 1 is 0.422 bits per heavy atom. The normalized spacial score (nSPS) is 11.4. The summed E-state index contributed by atoms with van der Waals surface area (Å²) in [6.45, 7) is 35.0. The van der Waals surface area contributed by atoms with Crippen molar-refractivity contribution in [1.82, 2.24) is 9.97 Å². The number of pyridine rings is 1. The topological polar surface area (TPSA) is 38.9 Å². The molecule has 0 unspecified atom stereocenters. The fraction of sp³-hybridized carbons (Fsp3) is 0.600. The summed E-state index contributed by atoms with van der Waals surface area (Å²) in [5, 5.41) is 1.26. The summed E-state index contributed by atoms with van der Waals surface area (Å²) in [7, 11) is 0. The molecule has 0 atom stereocenters. The summed E-state index contributed by atoms with van der Waals surface area (Å²) < 4.78 is 5.61. The number of furan rings is 1. The van der Waals surface area contributed by atoms with Crippen molar-refractivity contribution in [3.63, 3.8) is 0 Å². The fourth-order valence-corrected chi connectivity index (χ4v) is 5.85. The molecule has 0 radical (unpaired) electrons. The maximum atomic E-state index is 5.61. The molecular formula is C40H64N2OS2. The number of hydrogen-bond donors (Lipinski definition) is 0. The van der Waals surface area contributed by atoms with Gasteiger partial charge in [0.05, 0.1) is 5.01 Å². The molecule has 0 N–H and O–H groups in total. The molecule has 0 spiro atoms. The van der Waals surface area contributed by atoms with Crippen LogP contribution >= 0.6 is 22.7 Å². The summed E-state index contributed by atoms with van der Waals surface area (Å²) in [5.41, 5.74) is 2.50. The van der Waals surface area contributed by atoms with Crippen molar-refractivity contribution < 1.29 is 4.42 Å². The van der Waals surface area contributed by atoms with Crippen LogP contribution in [0.15, 0.2) is 53.2 Å². The van der Waals surface area contributed by atoms with Gasteiger partial charge in [-0.15, -0.1) is 22.7 Å². The zero-order chi connectivity index (χ0) is 34.4. The minimum atomic E-state index is 0.502. The van der Waals surface area contributed by atoms with Gasteiger partial charge in [-0.3, -0.25) is 4.98 Å². The summed E-state index contributed by atoms with van der Waals surface area (Å²) in [5.74, 6) is 6.88. The Morgan fingerprint density at radius 2 is 0.911 bits per heavy atom. The van der Waals surface area contributed by atoms with Crippen LogP contribution < -0.4 is 0 Å². The third-order valence-electron chi connectivity index (χ3n) is 7.24. The van der Waals surface area contributed by atoms with Crippen LogP contribution in [-0.2, 0) is 0 Å². The lowest BCUT2D eigenvalue weighted by Gasteiger charge is -2.07. The number of hydrogen-bond acceptors (Lipinski definition) is 5. The maximum absolute atomic E-state index is 5.61. The van der Waals surface area contributed by atoms with Crippen molar-refractivity contribution in [2.75, 3.05) is 0 Å². The van der Waals surface area contributed by atoms with E-state index >= 15 is 0 Å². The SMILES string of the molecule is CC(C)c1ccc(C(C)C)nc1.CC(C)c1ccc(C(C)C)o1.CC(C)c1ccc(C(C)C)s1.CC(C)c1cnc(C(C)C)s1. The quantitative estimate of drug-likeness (QED) is 0.190. The van der Waals surface area contributed by atoms with Crippen molar-refractivity contribution in [3.8, 4) is 0 Å². The van der Waals surface area contributed by atoms with Gasteiger partial charge in [-0.25, -0.2) is 4.98 Å². The van der Waals surface area contributed by atoms with Gasteiger partial charge in [-0.2, -0.15) is 0 Å². The third kappa shape index (κ3) is 14.8. The monoisotopic (exact) mass is 652 g/mol. The highest BCUT2D eigenvalue weighted by molar-refractivity contribution is 7.12. The molecule has 0 amide bonds. The van der Waals surface area contributed by atoms with E-state index in [1.807, 2.05) is 35.1 Å². The highest BCUT2D eigenvalue weighted by Crippen LogP contribution is 2.29. The molecule has 252 valence electrons. The van der Waals surface area contributed by atoms with Crippen LogP contribution in [0.2, 0.25) is 0 Å². The van der Waals surface area contributed by atoms with Gasteiger partial charge in [-0.1, -0.05) is 117 Å². The number of nitrogens with zero attached hydrogens (tertiary/aromatic N) is 2. The van der Waals surface area contributed by atoms with Gasteiger partial charge >= 0.3 is 0 Å². The van der Waals surface area contributed by atoms with E-state index in [2.05, 4.69) is 157 Å². The second-order valence-electron chi connectivity index (χ2n) is 14.3. The van der Waals surface area contributed by atoms with Crippen molar-refractivity contribution in [1.29, 1.82) is 0 Å². The fourth-order valence-electron chi connectivity index (χ4n) is 3.91. The van der Waals surface area contributed by atoms with Crippen LogP contribution in [0.5, 0.6) is 0 Å². The zero-order valence-corrected chi connectivity index (χ0v) is 33.0. The standard InChI is InChI=1S/C11H17N.C10H16O.C10H16S.C9H15NS/c1-8(2)10-5-6-11(9(3)4)12-7-10;2*1-7(2)9-5-6-10(11-9)8(3)4;1-6(2)8-5-10-9(11-8)7(3)4/h5-9H,1-4H3;2*5-8H,1-4H3;5-7H,1-4H3. The molecule has 4 aromatic rings. The number of aromatic nitrogens is 2. The average Bonchev–Trinajstić information content (AvgIpc) is 3.75. The first-order valence-corrected chi connectivity index (χ1v) is 18.7. The molecular weight excluding hydrogens is 589 g/mol. The van der Waals surface area contributed by atoms with Crippen LogP contribution in [0.3, 0.4) is 0 Å². The Morgan fingerprint density at radius 3 is 1.16 bits per heavy atom. The van der Waals surface area contributed by atoms with E-state index in [9.17, 15) is 0 Å². The lowest BCUT2D eigenvalue weighted by molar-refractivity contribution is 0.432. The van der Waals surface area contributed by atoms with Crippen LogP contribution in [-0.4, -0.2) is 9.97 Å². The van der Waals surface area contributed by atoms with E-state index in [0.717, 1.165) is 11.5 Å². The highest BCUT2D eigenvalue weighted by Gasteiger charge is 2.09. The zero-order valence-electron chi connectivity index (χ0n) is 31.4. The summed E-state index contributed by atoms with van der Waals surface area (Å²) in [6, 6.07) is 12.9. The Kier molecular flexibility index (Phi) is 18.2.